The molecule has 0 spiro atoms. The molecule has 0 unspecified atom stereocenters. The van der Waals surface area contributed by atoms with Crippen LogP contribution in [0.25, 0.3) is 6.08 Å². The molecule has 1 amide bonds. The minimum atomic E-state index is -0.161. The molecule has 0 saturated carbocycles. The second-order valence-corrected chi connectivity index (χ2v) is 5.78. The van der Waals surface area contributed by atoms with Gasteiger partial charge in [0.2, 0.25) is 5.91 Å². The summed E-state index contributed by atoms with van der Waals surface area (Å²) in [5.74, 6) is -0.161. The minimum Gasteiger partial charge on any atom is -0.375 e. The van der Waals surface area contributed by atoms with Gasteiger partial charge in [-0.3, -0.25) is 9.78 Å². The summed E-state index contributed by atoms with van der Waals surface area (Å²) in [6.07, 6.45) is 6.91. The first-order valence-corrected chi connectivity index (χ1v) is 8.06. The van der Waals surface area contributed by atoms with Crippen molar-refractivity contribution in [2.24, 2.45) is 0 Å². The number of pyridine rings is 1. The Kier molecular flexibility index (Phi) is 5.23. The summed E-state index contributed by atoms with van der Waals surface area (Å²) in [7, 11) is 0. The van der Waals surface area contributed by atoms with Crippen molar-refractivity contribution in [1.29, 1.82) is 0 Å². The quantitative estimate of drug-likeness (QED) is 0.879. The van der Waals surface area contributed by atoms with Crippen molar-refractivity contribution >= 4 is 23.4 Å². The highest BCUT2D eigenvalue weighted by Gasteiger charge is 2.16. The summed E-state index contributed by atoms with van der Waals surface area (Å²) in [5, 5.41) is 2.86. The maximum absolute atomic E-state index is 12.0. The van der Waals surface area contributed by atoms with E-state index in [4.69, 9.17) is 4.74 Å². The lowest BCUT2D eigenvalue weighted by Crippen LogP contribution is -2.41. The largest absolute Gasteiger partial charge is 0.375 e. The third-order valence-corrected chi connectivity index (χ3v) is 3.85. The normalized spacial score (nSPS) is 17.9. The predicted molar refractivity (Wildman–Crippen MR) is 96.0 cm³/mol. The second-order valence-electron chi connectivity index (χ2n) is 5.78. The molecule has 1 fully saturated rings. The van der Waals surface area contributed by atoms with Gasteiger partial charge in [0.15, 0.2) is 0 Å². The van der Waals surface area contributed by atoms with Crippen LogP contribution in [0.15, 0.2) is 54.9 Å². The number of benzene rings is 1. The lowest BCUT2D eigenvalue weighted by Gasteiger charge is -2.33. The number of rotatable bonds is 4. The van der Waals surface area contributed by atoms with E-state index in [2.05, 4.69) is 22.1 Å². The highest BCUT2D eigenvalue weighted by atomic mass is 16.5. The van der Waals surface area contributed by atoms with Gasteiger partial charge in [-0.2, -0.15) is 0 Å². The molecule has 1 N–H and O–H groups in total. The molecular weight excluding hydrogens is 302 g/mol. The summed E-state index contributed by atoms with van der Waals surface area (Å²) in [6, 6.07) is 11.6. The van der Waals surface area contributed by atoms with Gasteiger partial charge in [-0.15, -0.1) is 0 Å². The van der Waals surface area contributed by atoms with Crippen LogP contribution in [0.5, 0.6) is 0 Å². The van der Waals surface area contributed by atoms with Crippen LogP contribution in [0.2, 0.25) is 0 Å². The van der Waals surface area contributed by atoms with Crippen LogP contribution in [0.3, 0.4) is 0 Å². The van der Waals surface area contributed by atoms with Crippen LogP contribution in [0.1, 0.15) is 12.5 Å². The molecule has 1 aliphatic rings. The molecule has 0 bridgehead atoms. The van der Waals surface area contributed by atoms with Crippen molar-refractivity contribution < 1.29 is 9.53 Å². The van der Waals surface area contributed by atoms with Crippen LogP contribution >= 0.6 is 0 Å². The number of nitrogens with one attached hydrogen (secondary N) is 1. The number of hydrogen-bond acceptors (Lipinski definition) is 4. The highest BCUT2D eigenvalue weighted by Crippen LogP contribution is 2.20. The molecule has 5 heteroatoms. The molecule has 0 aliphatic carbocycles. The average molecular weight is 323 g/mol. The Labute approximate surface area is 142 Å². The maximum atomic E-state index is 12.0. The molecule has 124 valence electrons. The topological polar surface area (TPSA) is 54.5 Å². The number of amides is 1. The predicted octanol–water partition coefficient (Wildman–Crippen LogP) is 2.96. The van der Waals surface area contributed by atoms with E-state index in [0.29, 0.717) is 0 Å². The third kappa shape index (κ3) is 4.43. The van der Waals surface area contributed by atoms with Gasteiger partial charge in [0.1, 0.15) is 0 Å². The van der Waals surface area contributed by atoms with Crippen molar-refractivity contribution in [3.63, 3.8) is 0 Å². The summed E-state index contributed by atoms with van der Waals surface area (Å²) < 4.78 is 5.56. The van der Waals surface area contributed by atoms with Crippen molar-refractivity contribution in [2.75, 3.05) is 29.9 Å². The summed E-state index contributed by atoms with van der Waals surface area (Å²) in [5.41, 5.74) is 2.82. The number of anilines is 2. The van der Waals surface area contributed by atoms with Gasteiger partial charge in [0.25, 0.3) is 0 Å². The number of ether oxygens (including phenoxy) is 1. The molecule has 2 aromatic rings. The second kappa shape index (κ2) is 7.75. The van der Waals surface area contributed by atoms with Crippen LogP contribution in [-0.2, 0) is 9.53 Å². The fourth-order valence-corrected chi connectivity index (χ4v) is 2.64. The molecule has 1 atom stereocenters. The molecule has 1 aliphatic heterocycles. The van der Waals surface area contributed by atoms with Crippen molar-refractivity contribution in [3.8, 4) is 0 Å². The van der Waals surface area contributed by atoms with Gasteiger partial charge in [0, 0.05) is 42.9 Å². The Hall–Kier alpha value is -2.66. The fourth-order valence-electron chi connectivity index (χ4n) is 2.64. The van der Waals surface area contributed by atoms with Crippen molar-refractivity contribution in [1.82, 2.24) is 4.98 Å². The van der Waals surface area contributed by atoms with E-state index in [-0.39, 0.29) is 12.0 Å². The number of aromatic nitrogens is 1. The summed E-state index contributed by atoms with van der Waals surface area (Å²) >= 11 is 0. The van der Waals surface area contributed by atoms with Crippen LogP contribution in [0, 0.1) is 0 Å². The lowest BCUT2D eigenvalue weighted by molar-refractivity contribution is -0.111. The van der Waals surface area contributed by atoms with E-state index < -0.39 is 0 Å². The Bertz CT molecular complexity index is 698. The summed E-state index contributed by atoms with van der Waals surface area (Å²) in [4.78, 5) is 18.3. The van der Waals surface area contributed by atoms with E-state index in [1.807, 2.05) is 36.4 Å². The van der Waals surface area contributed by atoms with Gasteiger partial charge in [-0.1, -0.05) is 6.07 Å². The molecule has 1 aromatic carbocycles. The average Bonchev–Trinajstić information content (AvgIpc) is 2.61. The van der Waals surface area contributed by atoms with Crippen molar-refractivity contribution in [2.45, 2.75) is 13.0 Å². The number of morpholine rings is 1. The first-order valence-electron chi connectivity index (χ1n) is 8.06. The Morgan fingerprint density at radius 3 is 2.88 bits per heavy atom. The van der Waals surface area contributed by atoms with E-state index in [0.717, 1.165) is 36.6 Å². The Morgan fingerprint density at radius 2 is 2.17 bits per heavy atom. The summed E-state index contributed by atoms with van der Waals surface area (Å²) in [6.45, 7) is 4.61. The van der Waals surface area contributed by atoms with Gasteiger partial charge in [-0.05, 0) is 48.9 Å². The molecule has 0 radical (unpaired) electrons. The molecule has 1 saturated heterocycles. The fraction of sp³-hybridized carbons (Fsp3) is 0.263. The van der Waals surface area contributed by atoms with Gasteiger partial charge in [-0.25, -0.2) is 0 Å². The molecule has 24 heavy (non-hydrogen) atoms. The van der Waals surface area contributed by atoms with Gasteiger partial charge >= 0.3 is 0 Å². The van der Waals surface area contributed by atoms with E-state index in [9.17, 15) is 4.79 Å². The van der Waals surface area contributed by atoms with Crippen LogP contribution < -0.4 is 10.2 Å². The number of nitrogens with zero attached hydrogens (tertiary/aromatic N) is 2. The standard InChI is InChI=1S/C19H21N3O2/c1-15-14-22(11-12-24-15)18-7-5-17(6-8-18)21-19(23)9-4-16-3-2-10-20-13-16/h2-10,13,15H,11-12,14H2,1H3,(H,21,23)/b9-4-/t15-/m0/s1. The third-order valence-electron chi connectivity index (χ3n) is 3.85. The molecule has 5 nitrogen and oxygen atoms in total. The number of carbonyl (C=O) groups is 1. The zero-order chi connectivity index (χ0) is 16.8. The van der Waals surface area contributed by atoms with E-state index in [1.165, 1.54) is 6.08 Å². The molecular formula is C19H21N3O2. The minimum absolute atomic E-state index is 0.161. The molecule has 1 aromatic heterocycles. The number of hydrogen-bond donors (Lipinski definition) is 1. The van der Waals surface area contributed by atoms with Crippen LogP contribution in [-0.4, -0.2) is 36.7 Å². The monoisotopic (exact) mass is 323 g/mol. The zero-order valence-electron chi connectivity index (χ0n) is 13.7. The number of carbonyl (C=O) groups excluding carboxylic acids is 1. The first-order chi connectivity index (χ1) is 11.7. The first kappa shape index (κ1) is 16.2. The van der Waals surface area contributed by atoms with Gasteiger partial charge < -0.3 is 15.0 Å². The Balaban J connectivity index is 1.57. The smallest absolute Gasteiger partial charge is 0.248 e. The molecule has 2 heterocycles. The van der Waals surface area contributed by atoms with E-state index in [1.54, 1.807) is 18.5 Å². The van der Waals surface area contributed by atoms with E-state index >= 15 is 0 Å². The molecule has 3 rings (SSSR count). The van der Waals surface area contributed by atoms with Crippen LogP contribution in [0.4, 0.5) is 11.4 Å². The van der Waals surface area contributed by atoms with Gasteiger partial charge in [0.05, 0.1) is 12.7 Å². The SMILES string of the molecule is C[C@H]1CN(c2ccc(NC(=O)/C=C\c3cccnc3)cc2)CCO1. The lowest BCUT2D eigenvalue weighted by atomic mass is 10.2. The zero-order valence-corrected chi connectivity index (χ0v) is 13.7. The van der Waals surface area contributed by atoms with Crippen molar-refractivity contribution in [3.05, 3.63) is 60.4 Å². The highest BCUT2D eigenvalue weighted by molar-refractivity contribution is 6.01. The maximum Gasteiger partial charge on any atom is 0.248 e. The Morgan fingerprint density at radius 1 is 1.33 bits per heavy atom.